The Morgan fingerprint density at radius 2 is 1.88 bits per heavy atom. The van der Waals surface area contributed by atoms with Gasteiger partial charge in [-0.25, -0.2) is 4.79 Å². The van der Waals surface area contributed by atoms with Crippen molar-refractivity contribution in [2.45, 2.75) is 51.2 Å². The van der Waals surface area contributed by atoms with E-state index in [0.29, 0.717) is 25.8 Å². The highest BCUT2D eigenvalue weighted by Crippen LogP contribution is 2.36. The highest BCUT2D eigenvalue weighted by atomic mass is 19.4. The van der Waals surface area contributed by atoms with Crippen LogP contribution in [0.2, 0.25) is 0 Å². The zero-order chi connectivity index (χ0) is 23.6. The largest absolute Gasteiger partial charge is 0.465 e. The van der Waals surface area contributed by atoms with Gasteiger partial charge in [-0.05, 0) is 54.9 Å². The third-order valence-corrected chi connectivity index (χ3v) is 6.01. The molecule has 9 heteroatoms. The highest BCUT2D eigenvalue weighted by Gasteiger charge is 2.36. The van der Waals surface area contributed by atoms with Crippen molar-refractivity contribution in [3.8, 4) is 11.4 Å². The van der Waals surface area contributed by atoms with E-state index >= 15 is 0 Å². The Kier molecular flexibility index (Phi) is 6.40. The number of aromatic nitrogens is 2. The summed E-state index contributed by atoms with van der Waals surface area (Å²) in [6.07, 6.45) is -2.80. The van der Waals surface area contributed by atoms with Crippen LogP contribution in [0.5, 0.6) is 0 Å². The normalized spacial score (nSPS) is 16.4. The average molecular weight is 459 g/mol. The molecular weight excluding hydrogens is 435 g/mol. The number of carboxylic acid groups (broad SMARTS) is 1. The van der Waals surface area contributed by atoms with Crippen LogP contribution in [0.25, 0.3) is 11.4 Å². The fourth-order valence-electron chi connectivity index (χ4n) is 4.16. The summed E-state index contributed by atoms with van der Waals surface area (Å²) < 4.78 is 46.7. The van der Waals surface area contributed by atoms with E-state index in [0.717, 1.165) is 18.1 Å². The van der Waals surface area contributed by atoms with E-state index < -0.39 is 23.9 Å². The lowest BCUT2D eigenvalue weighted by Gasteiger charge is -2.17. The Hall–Kier alpha value is -3.36. The molecule has 0 unspecified atom stereocenters. The molecule has 174 valence electrons. The first kappa shape index (κ1) is 22.8. The standard InChI is InChI=1S/C24H24F3N3O3/c1-2-15-5-7-16(8-6-15)9-10-17-11-12-18(14-19(17)24(25,26)27)21-28-22(33-29-21)20-4-3-13-30(20)23(31)32/h5-8,11-12,14,20H,2-4,9-10,13H2,1H3,(H,31,32)/t20-/m0/s1. The van der Waals surface area contributed by atoms with Gasteiger partial charge in [0.05, 0.1) is 5.56 Å². The molecule has 1 fully saturated rings. The summed E-state index contributed by atoms with van der Waals surface area (Å²) in [7, 11) is 0. The molecule has 6 nitrogen and oxygen atoms in total. The summed E-state index contributed by atoms with van der Waals surface area (Å²) in [4.78, 5) is 16.8. The van der Waals surface area contributed by atoms with E-state index in [-0.39, 0.29) is 29.3 Å². The Balaban J connectivity index is 1.56. The molecule has 1 aliphatic rings. The second-order valence-electron chi connectivity index (χ2n) is 8.13. The number of amides is 1. The molecule has 0 bridgehead atoms. The minimum Gasteiger partial charge on any atom is -0.465 e. The second-order valence-corrected chi connectivity index (χ2v) is 8.13. The van der Waals surface area contributed by atoms with Crippen LogP contribution in [0.3, 0.4) is 0 Å². The monoisotopic (exact) mass is 459 g/mol. The minimum atomic E-state index is -4.53. The Morgan fingerprint density at radius 1 is 1.15 bits per heavy atom. The van der Waals surface area contributed by atoms with Crippen LogP contribution >= 0.6 is 0 Å². The van der Waals surface area contributed by atoms with Crippen LogP contribution in [0.1, 0.15) is 54.0 Å². The molecule has 2 heterocycles. The van der Waals surface area contributed by atoms with Crippen LogP contribution in [0, 0.1) is 0 Å². The molecule has 1 amide bonds. The number of hydrogen-bond acceptors (Lipinski definition) is 4. The molecular formula is C24H24F3N3O3. The zero-order valence-corrected chi connectivity index (χ0v) is 18.1. The fraction of sp³-hybridized carbons (Fsp3) is 0.375. The van der Waals surface area contributed by atoms with Crippen molar-refractivity contribution in [1.82, 2.24) is 15.0 Å². The van der Waals surface area contributed by atoms with Crippen molar-refractivity contribution in [2.24, 2.45) is 0 Å². The Labute approximate surface area is 189 Å². The first-order valence-corrected chi connectivity index (χ1v) is 10.9. The number of benzene rings is 2. The Bertz CT molecular complexity index is 1130. The first-order valence-electron chi connectivity index (χ1n) is 10.9. The number of likely N-dealkylation sites (tertiary alicyclic amines) is 1. The lowest BCUT2D eigenvalue weighted by atomic mass is 9.96. The van der Waals surface area contributed by atoms with Gasteiger partial charge in [-0.15, -0.1) is 0 Å². The van der Waals surface area contributed by atoms with Gasteiger partial charge in [-0.3, -0.25) is 4.90 Å². The van der Waals surface area contributed by atoms with E-state index in [1.54, 1.807) is 6.07 Å². The second kappa shape index (κ2) is 9.25. The number of alkyl halides is 3. The molecule has 0 radical (unpaired) electrons. The van der Waals surface area contributed by atoms with Gasteiger partial charge < -0.3 is 9.63 Å². The quantitative estimate of drug-likeness (QED) is 0.495. The van der Waals surface area contributed by atoms with Crippen LogP contribution < -0.4 is 0 Å². The van der Waals surface area contributed by atoms with E-state index in [9.17, 15) is 23.1 Å². The van der Waals surface area contributed by atoms with E-state index in [1.165, 1.54) is 16.5 Å². The first-order chi connectivity index (χ1) is 15.8. The summed E-state index contributed by atoms with van der Waals surface area (Å²) in [5, 5.41) is 13.1. The van der Waals surface area contributed by atoms with Crippen molar-refractivity contribution in [2.75, 3.05) is 6.54 Å². The minimum absolute atomic E-state index is 0.00874. The van der Waals surface area contributed by atoms with Crippen LogP contribution in [-0.2, 0) is 25.4 Å². The predicted octanol–water partition coefficient (Wildman–Crippen LogP) is 5.92. The topological polar surface area (TPSA) is 79.5 Å². The van der Waals surface area contributed by atoms with Gasteiger partial charge in [0.25, 0.3) is 0 Å². The van der Waals surface area contributed by atoms with Crippen molar-refractivity contribution in [1.29, 1.82) is 0 Å². The van der Waals surface area contributed by atoms with E-state index in [2.05, 4.69) is 17.1 Å². The van der Waals surface area contributed by atoms with Gasteiger partial charge in [0, 0.05) is 12.1 Å². The fourth-order valence-corrected chi connectivity index (χ4v) is 4.16. The molecule has 1 N–H and O–H groups in total. The maximum atomic E-state index is 13.8. The highest BCUT2D eigenvalue weighted by molar-refractivity contribution is 5.66. The molecule has 1 aliphatic heterocycles. The summed E-state index contributed by atoms with van der Waals surface area (Å²) >= 11 is 0. The molecule has 0 saturated carbocycles. The van der Waals surface area contributed by atoms with Crippen LogP contribution in [-0.4, -0.2) is 32.8 Å². The maximum absolute atomic E-state index is 13.8. The summed E-state index contributed by atoms with van der Waals surface area (Å²) in [6.45, 7) is 2.40. The number of hydrogen-bond donors (Lipinski definition) is 1. The summed E-state index contributed by atoms with van der Waals surface area (Å²) in [6, 6.07) is 11.3. The van der Waals surface area contributed by atoms with Crippen molar-refractivity contribution >= 4 is 6.09 Å². The van der Waals surface area contributed by atoms with Crippen LogP contribution in [0.4, 0.5) is 18.0 Å². The average Bonchev–Trinajstić information content (AvgIpc) is 3.47. The van der Waals surface area contributed by atoms with Crippen molar-refractivity contribution in [3.63, 3.8) is 0 Å². The molecule has 33 heavy (non-hydrogen) atoms. The van der Waals surface area contributed by atoms with Gasteiger partial charge in [0.2, 0.25) is 11.7 Å². The molecule has 0 aliphatic carbocycles. The number of nitrogens with zero attached hydrogens (tertiary/aromatic N) is 3. The molecule has 1 atom stereocenters. The lowest BCUT2D eigenvalue weighted by Crippen LogP contribution is -2.28. The third kappa shape index (κ3) is 5.02. The Morgan fingerprint density at radius 3 is 2.55 bits per heavy atom. The maximum Gasteiger partial charge on any atom is 0.416 e. The van der Waals surface area contributed by atoms with E-state index in [1.807, 2.05) is 24.3 Å². The molecule has 2 aromatic carbocycles. The lowest BCUT2D eigenvalue weighted by molar-refractivity contribution is -0.138. The number of carbonyl (C=O) groups is 1. The number of rotatable bonds is 6. The smallest absolute Gasteiger partial charge is 0.416 e. The van der Waals surface area contributed by atoms with Gasteiger partial charge in [-0.2, -0.15) is 18.2 Å². The summed E-state index contributed by atoms with van der Waals surface area (Å²) in [5.41, 5.74) is 1.80. The third-order valence-electron chi connectivity index (χ3n) is 6.01. The van der Waals surface area contributed by atoms with Crippen molar-refractivity contribution < 1.29 is 27.6 Å². The predicted molar refractivity (Wildman–Crippen MR) is 115 cm³/mol. The number of halogens is 3. The molecule has 4 rings (SSSR count). The molecule has 3 aromatic rings. The molecule has 0 spiro atoms. The summed E-state index contributed by atoms with van der Waals surface area (Å²) in [5.74, 6) is 0.104. The van der Waals surface area contributed by atoms with Gasteiger partial charge in [0.1, 0.15) is 6.04 Å². The van der Waals surface area contributed by atoms with E-state index in [4.69, 9.17) is 4.52 Å². The number of aryl methyl sites for hydroxylation is 3. The van der Waals surface area contributed by atoms with Crippen molar-refractivity contribution in [3.05, 3.63) is 70.6 Å². The zero-order valence-electron chi connectivity index (χ0n) is 18.1. The van der Waals surface area contributed by atoms with Gasteiger partial charge >= 0.3 is 12.3 Å². The molecule has 1 aromatic heterocycles. The molecule has 1 saturated heterocycles. The SMILES string of the molecule is CCc1ccc(CCc2ccc(-c3noc([C@@H]4CCCN4C(=O)O)n3)cc2C(F)(F)F)cc1. The van der Waals surface area contributed by atoms with Crippen LogP contribution in [0.15, 0.2) is 47.0 Å². The van der Waals surface area contributed by atoms with Gasteiger partial charge in [0.15, 0.2) is 0 Å². The van der Waals surface area contributed by atoms with Gasteiger partial charge in [-0.1, -0.05) is 48.5 Å².